The molecule has 0 saturated heterocycles. The molecule has 3 heteroatoms. The number of nitrogens with two attached hydrogens (primary N) is 2. The molecule has 0 aliphatic heterocycles. The molecule has 0 aliphatic rings. The number of benzene rings is 1. The van der Waals surface area contributed by atoms with Gasteiger partial charge in [0.05, 0.1) is 6.61 Å². The molecule has 0 saturated carbocycles. The van der Waals surface area contributed by atoms with Crippen molar-refractivity contribution in [3.05, 3.63) is 29.8 Å². The summed E-state index contributed by atoms with van der Waals surface area (Å²) in [5, 5.41) is 0. The van der Waals surface area contributed by atoms with Gasteiger partial charge in [-0.05, 0) is 24.1 Å². The standard InChI is InChI=1S/C11H18N2O/c1-2-6-14-10-5-3-4-9(7-10)11(13)8-12/h3-5,7,11H,2,6,8,12-13H2,1H3/t11-/m1/s1. The van der Waals surface area contributed by atoms with Crippen molar-refractivity contribution in [2.45, 2.75) is 19.4 Å². The first-order chi connectivity index (χ1) is 6.77. The molecule has 0 amide bonds. The quantitative estimate of drug-likeness (QED) is 0.745. The molecular weight excluding hydrogens is 176 g/mol. The van der Waals surface area contributed by atoms with Crippen LogP contribution in [0.4, 0.5) is 0 Å². The normalized spacial score (nSPS) is 12.5. The topological polar surface area (TPSA) is 61.3 Å². The van der Waals surface area contributed by atoms with Crippen LogP contribution in [0.3, 0.4) is 0 Å². The van der Waals surface area contributed by atoms with E-state index in [2.05, 4.69) is 6.92 Å². The van der Waals surface area contributed by atoms with E-state index in [0.29, 0.717) is 6.54 Å². The fraction of sp³-hybridized carbons (Fsp3) is 0.455. The molecule has 0 aromatic heterocycles. The van der Waals surface area contributed by atoms with Crippen molar-refractivity contribution >= 4 is 0 Å². The van der Waals surface area contributed by atoms with Gasteiger partial charge < -0.3 is 16.2 Å². The Labute approximate surface area is 85.0 Å². The van der Waals surface area contributed by atoms with Crippen molar-refractivity contribution in [1.82, 2.24) is 0 Å². The summed E-state index contributed by atoms with van der Waals surface area (Å²) in [6.07, 6.45) is 1.01. The zero-order valence-corrected chi connectivity index (χ0v) is 8.57. The first kappa shape index (κ1) is 11.0. The third-order valence-electron chi connectivity index (χ3n) is 2.01. The van der Waals surface area contributed by atoms with Gasteiger partial charge in [0, 0.05) is 12.6 Å². The highest BCUT2D eigenvalue weighted by molar-refractivity contribution is 5.30. The lowest BCUT2D eigenvalue weighted by Gasteiger charge is -2.11. The zero-order valence-electron chi connectivity index (χ0n) is 8.57. The molecule has 0 aliphatic carbocycles. The largest absolute Gasteiger partial charge is 0.494 e. The van der Waals surface area contributed by atoms with Crippen molar-refractivity contribution in [2.24, 2.45) is 11.5 Å². The lowest BCUT2D eigenvalue weighted by atomic mass is 10.1. The number of hydrogen-bond donors (Lipinski definition) is 2. The molecule has 0 unspecified atom stereocenters. The highest BCUT2D eigenvalue weighted by atomic mass is 16.5. The molecule has 1 aromatic carbocycles. The van der Waals surface area contributed by atoms with Gasteiger partial charge in [0.15, 0.2) is 0 Å². The van der Waals surface area contributed by atoms with Crippen LogP contribution in [0.15, 0.2) is 24.3 Å². The van der Waals surface area contributed by atoms with Crippen LogP contribution in [-0.2, 0) is 0 Å². The smallest absolute Gasteiger partial charge is 0.119 e. The molecule has 0 spiro atoms. The van der Waals surface area contributed by atoms with E-state index >= 15 is 0 Å². The number of ether oxygens (including phenoxy) is 1. The second-order valence-corrected chi connectivity index (χ2v) is 3.26. The van der Waals surface area contributed by atoms with Gasteiger partial charge in [-0.3, -0.25) is 0 Å². The maximum Gasteiger partial charge on any atom is 0.119 e. The van der Waals surface area contributed by atoms with Crippen molar-refractivity contribution in [1.29, 1.82) is 0 Å². The summed E-state index contributed by atoms with van der Waals surface area (Å²) >= 11 is 0. The highest BCUT2D eigenvalue weighted by Gasteiger charge is 2.03. The summed E-state index contributed by atoms with van der Waals surface area (Å²) < 4.78 is 5.49. The van der Waals surface area contributed by atoms with Crippen LogP contribution in [0.5, 0.6) is 5.75 Å². The van der Waals surface area contributed by atoms with Crippen LogP contribution in [0.1, 0.15) is 24.9 Å². The first-order valence-corrected chi connectivity index (χ1v) is 4.96. The van der Waals surface area contributed by atoms with Crippen LogP contribution in [0, 0.1) is 0 Å². The molecule has 0 heterocycles. The fourth-order valence-electron chi connectivity index (χ4n) is 1.19. The van der Waals surface area contributed by atoms with Crippen molar-refractivity contribution in [3.8, 4) is 5.75 Å². The van der Waals surface area contributed by atoms with E-state index < -0.39 is 0 Å². The van der Waals surface area contributed by atoms with E-state index in [0.717, 1.165) is 24.3 Å². The summed E-state index contributed by atoms with van der Waals surface area (Å²) in [6.45, 7) is 3.27. The van der Waals surface area contributed by atoms with E-state index in [1.54, 1.807) is 0 Å². The summed E-state index contributed by atoms with van der Waals surface area (Å²) in [4.78, 5) is 0. The first-order valence-electron chi connectivity index (χ1n) is 4.96. The number of rotatable bonds is 5. The van der Waals surface area contributed by atoms with Gasteiger partial charge in [0.2, 0.25) is 0 Å². The molecule has 0 radical (unpaired) electrons. The summed E-state index contributed by atoms with van der Waals surface area (Å²) in [6, 6.07) is 7.70. The maximum atomic E-state index is 5.81. The Balaban J connectivity index is 2.68. The Kier molecular flexibility index (Phi) is 4.43. The average molecular weight is 194 g/mol. The Bertz CT molecular complexity index is 276. The van der Waals surface area contributed by atoms with Crippen LogP contribution < -0.4 is 16.2 Å². The van der Waals surface area contributed by atoms with E-state index in [9.17, 15) is 0 Å². The van der Waals surface area contributed by atoms with Gasteiger partial charge in [-0.25, -0.2) is 0 Å². The van der Waals surface area contributed by atoms with Gasteiger partial charge >= 0.3 is 0 Å². The zero-order chi connectivity index (χ0) is 10.4. The van der Waals surface area contributed by atoms with Crippen molar-refractivity contribution < 1.29 is 4.74 Å². The van der Waals surface area contributed by atoms with Crippen molar-refractivity contribution in [2.75, 3.05) is 13.2 Å². The maximum absolute atomic E-state index is 5.81. The predicted octanol–water partition coefficient (Wildman–Crippen LogP) is 1.43. The average Bonchev–Trinajstić information content (AvgIpc) is 2.25. The van der Waals surface area contributed by atoms with Crippen LogP contribution in [0.2, 0.25) is 0 Å². The fourth-order valence-corrected chi connectivity index (χ4v) is 1.19. The highest BCUT2D eigenvalue weighted by Crippen LogP contribution is 2.17. The van der Waals surface area contributed by atoms with Gasteiger partial charge in [0.25, 0.3) is 0 Å². The summed E-state index contributed by atoms with van der Waals surface area (Å²) in [7, 11) is 0. The van der Waals surface area contributed by atoms with Gasteiger partial charge in [-0.15, -0.1) is 0 Å². The minimum atomic E-state index is -0.0971. The second-order valence-electron chi connectivity index (χ2n) is 3.26. The SMILES string of the molecule is CCCOc1cccc([C@H](N)CN)c1. The monoisotopic (exact) mass is 194 g/mol. The molecule has 78 valence electrons. The molecule has 1 rings (SSSR count). The van der Waals surface area contributed by atoms with E-state index in [-0.39, 0.29) is 6.04 Å². The van der Waals surface area contributed by atoms with Crippen LogP contribution in [-0.4, -0.2) is 13.2 Å². The minimum absolute atomic E-state index is 0.0971. The minimum Gasteiger partial charge on any atom is -0.494 e. The summed E-state index contributed by atoms with van der Waals surface area (Å²) in [5.41, 5.74) is 12.3. The molecule has 0 fully saturated rings. The molecule has 0 bridgehead atoms. The second kappa shape index (κ2) is 5.62. The predicted molar refractivity (Wildman–Crippen MR) is 58.2 cm³/mol. The Morgan fingerprint density at radius 2 is 2.21 bits per heavy atom. The molecule has 4 N–H and O–H groups in total. The van der Waals surface area contributed by atoms with Crippen LogP contribution >= 0.6 is 0 Å². The third kappa shape index (κ3) is 3.01. The van der Waals surface area contributed by atoms with E-state index in [1.165, 1.54) is 0 Å². The van der Waals surface area contributed by atoms with Crippen LogP contribution in [0.25, 0.3) is 0 Å². The lowest BCUT2D eigenvalue weighted by molar-refractivity contribution is 0.317. The van der Waals surface area contributed by atoms with E-state index in [1.807, 2.05) is 24.3 Å². The van der Waals surface area contributed by atoms with Crippen molar-refractivity contribution in [3.63, 3.8) is 0 Å². The Morgan fingerprint density at radius 1 is 1.43 bits per heavy atom. The lowest BCUT2D eigenvalue weighted by Crippen LogP contribution is -2.20. The van der Waals surface area contributed by atoms with Gasteiger partial charge in [-0.2, -0.15) is 0 Å². The van der Waals surface area contributed by atoms with Gasteiger partial charge in [-0.1, -0.05) is 19.1 Å². The van der Waals surface area contributed by atoms with Gasteiger partial charge in [0.1, 0.15) is 5.75 Å². The molecule has 3 nitrogen and oxygen atoms in total. The molecular formula is C11H18N2O. The molecule has 1 aromatic rings. The number of hydrogen-bond acceptors (Lipinski definition) is 3. The molecule has 14 heavy (non-hydrogen) atoms. The van der Waals surface area contributed by atoms with E-state index in [4.69, 9.17) is 16.2 Å². The molecule has 1 atom stereocenters. The summed E-state index contributed by atoms with van der Waals surface area (Å²) in [5.74, 6) is 0.869. The Hall–Kier alpha value is -1.06. The third-order valence-corrected chi connectivity index (χ3v) is 2.01. The Morgan fingerprint density at radius 3 is 2.86 bits per heavy atom.